The van der Waals surface area contributed by atoms with Gasteiger partial charge in [-0.2, -0.15) is 0 Å². The van der Waals surface area contributed by atoms with Gasteiger partial charge in [0.25, 0.3) is 0 Å². The number of aliphatic hydroxyl groups is 1. The van der Waals surface area contributed by atoms with Gasteiger partial charge >= 0.3 is 0 Å². The van der Waals surface area contributed by atoms with Gasteiger partial charge in [0, 0.05) is 19.6 Å². The Morgan fingerprint density at radius 2 is 1.72 bits per heavy atom. The molecule has 0 bridgehead atoms. The van der Waals surface area contributed by atoms with Crippen LogP contribution < -0.4 is 10.0 Å². The molecular formula is C11H19ClN2O3S. The molecule has 0 aliphatic heterocycles. The van der Waals surface area contributed by atoms with Crippen molar-refractivity contribution in [3.05, 3.63) is 29.8 Å². The molecule has 104 valence electrons. The zero-order chi connectivity index (χ0) is 12.7. The number of aliphatic hydroxyl groups excluding tert-OH is 1. The van der Waals surface area contributed by atoms with E-state index in [0.717, 1.165) is 5.56 Å². The Morgan fingerprint density at radius 3 is 2.28 bits per heavy atom. The Labute approximate surface area is 114 Å². The lowest BCUT2D eigenvalue weighted by atomic mass is 10.2. The molecule has 0 radical (unpaired) electrons. The molecular weight excluding hydrogens is 276 g/mol. The lowest BCUT2D eigenvalue weighted by Crippen LogP contribution is -2.32. The number of hydrogen-bond donors (Lipinski definition) is 3. The van der Waals surface area contributed by atoms with Crippen molar-refractivity contribution < 1.29 is 13.5 Å². The van der Waals surface area contributed by atoms with Gasteiger partial charge in [-0.25, -0.2) is 13.1 Å². The van der Waals surface area contributed by atoms with E-state index in [1.54, 1.807) is 24.3 Å². The number of rotatable bonds is 7. The normalized spacial score (nSPS) is 11.0. The summed E-state index contributed by atoms with van der Waals surface area (Å²) in [6.07, 6.45) is 0. The number of halogens is 1. The number of aryl methyl sites for hydroxylation is 1. The minimum Gasteiger partial charge on any atom is -0.395 e. The molecule has 0 spiro atoms. The smallest absolute Gasteiger partial charge is 0.240 e. The highest BCUT2D eigenvalue weighted by atomic mass is 35.5. The fourth-order valence-electron chi connectivity index (χ4n) is 1.28. The molecule has 0 saturated carbocycles. The van der Waals surface area contributed by atoms with Gasteiger partial charge in [-0.1, -0.05) is 17.7 Å². The predicted octanol–water partition coefficient (Wildman–Crippen LogP) is 0.277. The molecule has 0 aromatic heterocycles. The van der Waals surface area contributed by atoms with Crippen molar-refractivity contribution in [1.82, 2.24) is 10.0 Å². The Kier molecular flexibility index (Phi) is 8.13. The molecule has 7 heteroatoms. The van der Waals surface area contributed by atoms with Crippen molar-refractivity contribution in [2.45, 2.75) is 11.8 Å². The van der Waals surface area contributed by atoms with Crippen LogP contribution in [-0.4, -0.2) is 39.8 Å². The first kappa shape index (κ1) is 17.3. The molecule has 0 unspecified atom stereocenters. The summed E-state index contributed by atoms with van der Waals surface area (Å²) in [6, 6.07) is 6.69. The van der Waals surface area contributed by atoms with Crippen molar-refractivity contribution in [3.8, 4) is 0 Å². The van der Waals surface area contributed by atoms with E-state index < -0.39 is 10.0 Å². The molecule has 18 heavy (non-hydrogen) atoms. The summed E-state index contributed by atoms with van der Waals surface area (Å²) in [4.78, 5) is 0.269. The van der Waals surface area contributed by atoms with Crippen LogP contribution in [0.3, 0.4) is 0 Å². The zero-order valence-electron chi connectivity index (χ0n) is 10.2. The molecule has 0 amide bonds. The fraction of sp³-hybridized carbons (Fsp3) is 0.455. The first-order valence-corrected chi connectivity index (χ1v) is 6.92. The van der Waals surface area contributed by atoms with Crippen LogP contribution >= 0.6 is 12.4 Å². The van der Waals surface area contributed by atoms with Gasteiger partial charge in [-0.3, -0.25) is 0 Å². The maximum absolute atomic E-state index is 11.8. The Balaban J connectivity index is 0.00000289. The second kappa shape index (κ2) is 8.44. The van der Waals surface area contributed by atoms with Gasteiger partial charge in [0.2, 0.25) is 10.0 Å². The van der Waals surface area contributed by atoms with Crippen molar-refractivity contribution in [1.29, 1.82) is 0 Å². The van der Waals surface area contributed by atoms with Crippen molar-refractivity contribution in [3.63, 3.8) is 0 Å². The summed E-state index contributed by atoms with van der Waals surface area (Å²) in [5.41, 5.74) is 1.02. The lowest BCUT2D eigenvalue weighted by molar-refractivity contribution is 0.293. The van der Waals surface area contributed by atoms with Crippen molar-refractivity contribution in [2.75, 3.05) is 26.2 Å². The van der Waals surface area contributed by atoms with Gasteiger partial charge in [-0.15, -0.1) is 12.4 Å². The van der Waals surface area contributed by atoms with Crippen LogP contribution in [-0.2, 0) is 10.0 Å². The van der Waals surface area contributed by atoms with Gasteiger partial charge in [0.15, 0.2) is 0 Å². The van der Waals surface area contributed by atoms with Crippen LogP contribution in [0.15, 0.2) is 29.2 Å². The van der Waals surface area contributed by atoms with Crippen LogP contribution in [0.25, 0.3) is 0 Å². The Morgan fingerprint density at radius 1 is 1.11 bits per heavy atom. The van der Waals surface area contributed by atoms with Gasteiger partial charge in [-0.05, 0) is 19.1 Å². The van der Waals surface area contributed by atoms with E-state index in [2.05, 4.69) is 10.0 Å². The number of sulfonamides is 1. The summed E-state index contributed by atoms with van der Waals surface area (Å²) in [7, 11) is -3.42. The van der Waals surface area contributed by atoms with Crippen LogP contribution in [0.1, 0.15) is 5.56 Å². The Hall–Kier alpha value is -0.660. The highest BCUT2D eigenvalue weighted by molar-refractivity contribution is 7.89. The number of benzene rings is 1. The van der Waals surface area contributed by atoms with Gasteiger partial charge in [0.05, 0.1) is 11.5 Å². The molecule has 0 saturated heterocycles. The highest BCUT2D eigenvalue weighted by Gasteiger charge is 2.11. The molecule has 1 aromatic carbocycles. The second-order valence-corrected chi connectivity index (χ2v) is 5.45. The molecule has 5 nitrogen and oxygen atoms in total. The summed E-state index contributed by atoms with van der Waals surface area (Å²) < 4.78 is 26.1. The maximum atomic E-state index is 11.8. The van der Waals surface area contributed by atoms with Crippen molar-refractivity contribution in [2.24, 2.45) is 0 Å². The minimum absolute atomic E-state index is 0. The fourth-order valence-corrected chi connectivity index (χ4v) is 2.31. The molecule has 0 heterocycles. The standard InChI is InChI=1S/C11H18N2O3S.ClH/c1-10-2-4-11(5-3-10)17(15,16)13-7-6-12-8-9-14;/h2-5,12-14H,6-9H2,1H3;1H. The van der Waals surface area contributed by atoms with Crippen molar-refractivity contribution >= 4 is 22.4 Å². The van der Waals surface area contributed by atoms with E-state index in [1.165, 1.54) is 0 Å². The van der Waals surface area contributed by atoms with Gasteiger partial charge in [0.1, 0.15) is 0 Å². The lowest BCUT2D eigenvalue weighted by Gasteiger charge is -2.07. The first-order valence-electron chi connectivity index (χ1n) is 5.44. The molecule has 0 aliphatic rings. The van der Waals surface area contributed by atoms with E-state index in [9.17, 15) is 8.42 Å². The molecule has 0 fully saturated rings. The minimum atomic E-state index is -3.42. The molecule has 1 aromatic rings. The summed E-state index contributed by atoms with van der Waals surface area (Å²) in [5.74, 6) is 0. The van der Waals surface area contributed by atoms with Crippen LogP contribution in [0.2, 0.25) is 0 Å². The van der Waals surface area contributed by atoms with E-state index in [-0.39, 0.29) is 23.9 Å². The van der Waals surface area contributed by atoms with E-state index in [0.29, 0.717) is 19.6 Å². The maximum Gasteiger partial charge on any atom is 0.240 e. The average molecular weight is 295 g/mol. The van der Waals surface area contributed by atoms with Crippen LogP contribution in [0, 0.1) is 6.92 Å². The number of hydrogen-bond acceptors (Lipinski definition) is 4. The largest absolute Gasteiger partial charge is 0.395 e. The van der Waals surface area contributed by atoms with E-state index >= 15 is 0 Å². The van der Waals surface area contributed by atoms with Crippen LogP contribution in [0.5, 0.6) is 0 Å². The molecule has 3 N–H and O–H groups in total. The Bertz CT molecular complexity index is 434. The summed E-state index contributed by atoms with van der Waals surface area (Å²) >= 11 is 0. The average Bonchev–Trinajstić information content (AvgIpc) is 2.29. The third-order valence-electron chi connectivity index (χ3n) is 2.21. The highest BCUT2D eigenvalue weighted by Crippen LogP contribution is 2.09. The van der Waals surface area contributed by atoms with E-state index in [4.69, 9.17) is 5.11 Å². The second-order valence-electron chi connectivity index (χ2n) is 3.68. The molecule has 0 aliphatic carbocycles. The van der Waals surface area contributed by atoms with Gasteiger partial charge < -0.3 is 10.4 Å². The van der Waals surface area contributed by atoms with E-state index in [1.807, 2.05) is 6.92 Å². The van der Waals surface area contributed by atoms with Crippen LogP contribution in [0.4, 0.5) is 0 Å². The summed E-state index contributed by atoms with van der Waals surface area (Å²) in [6.45, 7) is 3.21. The third-order valence-corrected chi connectivity index (χ3v) is 3.69. The SMILES string of the molecule is Cc1ccc(S(=O)(=O)NCCNCCO)cc1.Cl. The quantitative estimate of drug-likeness (QED) is 0.631. The number of nitrogens with one attached hydrogen (secondary N) is 2. The first-order chi connectivity index (χ1) is 8.06. The summed E-state index contributed by atoms with van der Waals surface area (Å²) in [5, 5.41) is 11.4. The monoisotopic (exact) mass is 294 g/mol. The molecule has 0 atom stereocenters. The third kappa shape index (κ3) is 5.79. The molecule has 1 rings (SSSR count). The topological polar surface area (TPSA) is 78.4 Å². The zero-order valence-corrected chi connectivity index (χ0v) is 11.9. The predicted molar refractivity (Wildman–Crippen MR) is 73.6 cm³/mol.